The van der Waals surface area contributed by atoms with E-state index < -0.39 is 32.4 Å². The van der Waals surface area contributed by atoms with Crippen molar-refractivity contribution in [1.82, 2.24) is 9.55 Å². The van der Waals surface area contributed by atoms with Crippen LogP contribution in [0.15, 0.2) is 40.3 Å². The minimum absolute atomic E-state index is 0.0380. The van der Waals surface area contributed by atoms with Crippen LogP contribution in [0.1, 0.15) is 5.69 Å². The van der Waals surface area contributed by atoms with Gasteiger partial charge in [-0.25, -0.2) is 13.4 Å². The van der Waals surface area contributed by atoms with Crippen molar-refractivity contribution in [2.75, 3.05) is 6.26 Å². The Balaban J connectivity index is 2.85. The highest BCUT2D eigenvalue weighted by Crippen LogP contribution is 2.27. The first-order valence-corrected chi connectivity index (χ1v) is 7.94. The molecule has 1 aromatic carbocycles. The molecular weight excluding hydrogens is 345 g/mol. The second-order valence-electron chi connectivity index (χ2n) is 4.34. The Bertz CT molecular complexity index is 874. The first-order valence-electron chi connectivity index (χ1n) is 5.67. The number of halogens is 4. The Hall–Kier alpha value is -1.87. The maximum absolute atomic E-state index is 12.7. The van der Waals surface area contributed by atoms with Gasteiger partial charge in [0.25, 0.3) is 5.56 Å². The number of rotatable bonds is 2. The molecule has 0 fully saturated rings. The highest BCUT2D eigenvalue weighted by atomic mass is 35.5. The summed E-state index contributed by atoms with van der Waals surface area (Å²) in [5.74, 6) is 0. The molecule has 1 aromatic heterocycles. The average Bonchev–Trinajstić information content (AvgIpc) is 2.37. The molecule has 2 aromatic rings. The third-order valence-electron chi connectivity index (χ3n) is 2.59. The number of benzene rings is 1. The van der Waals surface area contributed by atoms with Crippen LogP contribution < -0.4 is 5.56 Å². The predicted molar refractivity (Wildman–Crippen MR) is 73.0 cm³/mol. The molecule has 0 unspecified atom stereocenters. The van der Waals surface area contributed by atoms with Gasteiger partial charge in [-0.15, -0.1) is 0 Å². The second-order valence-corrected chi connectivity index (χ2v) is 6.69. The van der Waals surface area contributed by atoms with Crippen LogP contribution in [0.5, 0.6) is 0 Å². The SMILES string of the molecule is CS(=O)(=O)c1nc(C(F)(F)F)cc(=O)n1-c1ccc(Cl)cc1. The van der Waals surface area contributed by atoms with Gasteiger partial charge in [-0.05, 0) is 24.3 Å². The van der Waals surface area contributed by atoms with E-state index in [-0.39, 0.29) is 11.8 Å². The third-order valence-corrected chi connectivity index (χ3v) is 3.78. The summed E-state index contributed by atoms with van der Waals surface area (Å²) >= 11 is 5.68. The zero-order chi connectivity index (χ0) is 16.7. The smallest absolute Gasteiger partial charge is 0.269 e. The lowest BCUT2D eigenvalue weighted by Gasteiger charge is -2.13. The first kappa shape index (κ1) is 16.5. The molecule has 0 aliphatic rings. The van der Waals surface area contributed by atoms with E-state index in [1.807, 2.05) is 0 Å². The van der Waals surface area contributed by atoms with E-state index in [4.69, 9.17) is 11.6 Å². The molecule has 0 N–H and O–H groups in total. The monoisotopic (exact) mass is 352 g/mol. The zero-order valence-electron chi connectivity index (χ0n) is 10.9. The summed E-state index contributed by atoms with van der Waals surface area (Å²) < 4.78 is 62.1. The van der Waals surface area contributed by atoms with Crippen molar-refractivity contribution in [3.8, 4) is 5.69 Å². The Morgan fingerprint density at radius 3 is 2.18 bits per heavy atom. The predicted octanol–water partition coefficient (Wildman–Crippen LogP) is 2.31. The van der Waals surface area contributed by atoms with E-state index in [1.54, 1.807) is 0 Å². The summed E-state index contributed by atoms with van der Waals surface area (Å²) in [6.07, 6.45) is -4.26. The molecule has 0 saturated carbocycles. The maximum atomic E-state index is 12.7. The quantitative estimate of drug-likeness (QED) is 0.778. The summed E-state index contributed by atoms with van der Waals surface area (Å²) in [6, 6.07) is 5.57. The lowest BCUT2D eigenvalue weighted by molar-refractivity contribution is -0.141. The molecule has 0 saturated heterocycles. The van der Waals surface area contributed by atoms with Crippen LogP contribution in [0.25, 0.3) is 5.69 Å². The van der Waals surface area contributed by atoms with Crippen molar-refractivity contribution in [1.29, 1.82) is 0 Å². The molecule has 2 rings (SSSR count). The summed E-state index contributed by atoms with van der Waals surface area (Å²) in [4.78, 5) is 15.1. The van der Waals surface area contributed by atoms with Crippen LogP contribution >= 0.6 is 11.6 Å². The normalized spacial score (nSPS) is 12.4. The van der Waals surface area contributed by atoms with Gasteiger partial charge >= 0.3 is 6.18 Å². The first-order chi connectivity index (χ1) is 10.00. The van der Waals surface area contributed by atoms with Crippen LogP contribution in [-0.2, 0) is 16.0 Å². The molecule has 1 heterocycles. The maximum Gasteiger partial charge on any atom is 0.433 e. The van der Waals surface area contributed by atoms with Gasteiger partial charge < -0.3 is 0 Å². The average molecular weight is 353 g/mol. The van der Waals surface area contributed by atoms with Gasteiger partial charge in [0.15, 0.2) is 5.69 Å². The highest BCUT2D eigenvalue weighted by molar-refractivity contribution is 7.90. The highest BCUT2D eigenvalue weighted by Gasteiger charge is 2.35. The number of hydrogen-bond donors (Lipinski definition) is 0. The fourth-order valence-electron chi connectivity index (χ4n) is 1.68. The molecule has 10 heteroatoms. The minimum atomic E-state index is -4.93. The fourth-order valence-corrected chi connectivity index (χ4v) is 2.60. The van der Waals surface area contributed by atoms with E-state index >= 15 is 0 Å². The number of alkyl halides is 3. The van der Waals surface area contributed by atoms with Crippen molar-refractivity contribution < 1.29 is 21.6 Å². The van der Waals surface area contributed by atoms with Gasteiger partial charge in [0, 0.05) is 17.3 Å². The number of sulfone groups is 1. The topological polar surface area (TPSA) is 69.0 Å². The molecule has 0 amide bonds. The van der Waals surface area contributed by atoms with E-state index in [0.29, 0.717) is 15.8 Å². The largest absolute Gasteiger partial charge is 0.433 e. The number of aromatic nitrogens is 2. The van der Waals surface area contributed by atoms with Gasteiger partial charge in [0.1, 0.15) is 0 Å². The Morgan fingerprint density at radius 2 is 1.73 bits per heavy atom. The minimum Gasteiger partial charge on any atom is -0.269 e. The van der Waals surface area contributed by atoms with Crippen LogP contribution in [0.3, 0.4) is 0 Å². The van der Waals surface area contributed by atoms with Crippen molar-refractivity contribution in [3.63, 3.8) is 0 Å². The number of nitrogens with zero attached hydrogens (tertiary/aromatic N) is 2. The fraction of sp³-hybridized carbons (Fsp3) is 0.167. The molecule has 5 nitrogen and oxygen atoms in total. The van der Waals surface area contributed by atoms with Crippen LogP contribution in [0.2, 0.25) is 5.02 Å². The molecule has 118 valence electrons. The molecule has 0 radical (unpaired) electrons. The standard InChI is InChI=1S/C12H8ClF3N2O3S/c1-22(20,21)11-17-9(12(14,15)16)6-10(19)18(11)8-4-2-7(13)3-5-8/h2-6H,1H3. The second kappa shape index (κ2) is 5.40. The Labute approximate surface area is 127 Å². The lowest BCUT2D eigenvalue weighted by atomic mass is 10.3. The Morgan fingerprint density at radius 1 is 1.18 bits per heavy atom. The van der Waals surface area contributed by atoms with E-state index in [9.17, 15) is 26.4 Å². The van der Waals surface area contributed by atoms with Crippen molar-refractivity contribution in [2.24, 2.45) is 0 Å². The molecular formula is C12H8ClF3N2O3S. The Kier molecular flexibility index (Phi) is 4.05. The van der Waals surface area contributed by atoms with E-state index in [1.165, 1.54) is 24.3 Å². The van der Waals surface area contributed by atoms with Crippen LogP contribution in [0, 0.1) is 0 Å². The van der Waals surface area contributed by atoms with Gasteiger partial charge in [0.2, 0.25) is 15.0 Å². The van der Waals surface area contributed by atoms with E-state index in [0.717, 1.165) is 0 Å². The lowest BCUT2D eigenvalue weighted by Crippen LogP contribution is -2.28. The van der Waals surface area contributed by atoms with Gasteiger partial charge in [-0.1, -0.05) is 11.6 Å². The summed E-state index contributed by atoms with van der Waals surface area (Å²) in [6.45, 7) is 0. The number of hydrogen-bond acceptors (Lipinski definition) is 4. The van der Waals surface area contributed by atoms with E-state index in [2.05, 4.69) is 4.98 Å². The van der Waals surface area contributed by atoms with Crippen LogP contribution in [-0.4, -0.2) is 24.2 Å². The van der Waals surface area contributed by atoms with Crippen LogP contribution in [0.4, 0.5) is 13.2 Å². The molecule has 0 aliphatic carbocycles. The summed E-state index contributed by atoms with van der Waals surface area (Å²) in [5, 5.41) is -0.674. The van der Waals surface area contributed by atoms with Crippen molar-refractivity contribution in [2.45, 2.75) is 11.3 Å². The van der Waals surface area contributed by atoms with Crippen molar-refractivity contribution >= 4 is 21.4 Å². The van der Waals surface area contributed by atoms with Gasteiger partial charge in [-0.2, -0.15) is 13.2 Å². The third kappa shape index (κ3) is 3.30. The van der Waals surface area contributed by atoms with Gasteiger partial charge in [0.05, 0.1) is 5.69 Å². The molecule has 0 atom stereocenters. The summed E-state index contributed by atoms with van der Waals surface area (Å²) in [5.41, 5.74) is -2.69. The summed E-state index contributed by atoms with van der Waals surface area (Å²) in [7, 11) is -4.18. The molecule has 22 heavy (non-hydrogen) atoms. The van der Waals surface area contributed by atoms with Crippen molar-refractivity contribution in [3.05, 3.63) is 51.4 Å². The zero-order valence-corrected chi connectivity index (χ0v) is 12.5. The molecule has 0 spiro atoms. The molecule has 0 aliphatic heterocycles. The molecule has 0 bridgehead atoms. The van der Waals surface area contributed by atoms with Gasteiger partial charge in [-0.3, -0.25) is 9.36 Å².